The third kappa shape index (κ3) is 16.2. The third-order valence-electron chi connectivity index (χ3n) is 8.07. The lowest BCUT2D eigenvalue weighted by atomic mass is 9.95. The van der Waals surface area contributed by atoms with E-state index in [9.17, 15) is 29.7 Å². The van der Waals surface area contributed by atoms with Crippen molar-refractivity contribution in [1.29, 1.82) is 0 Å². The van der Waals surface area contributed by atoms with Crippen molar-refractivity contribution in [3.8, 4) is 0 Å². The lowest BCUT2D eigenvalue weighted by Crippen LogP contribution is -2.59. The zero-order valence-electron chi connectivity index (χ0n) is 24.8. The summed E-state index contributed by atoms with van der Waals surface area (Å²) < 4.78 is 0.218. The first-order valence-electron chi connectivity index (χ1n) is 15.3. The maximum Gasteiger partial charge on any atom is 0.312 e. The number of quaternary nitrogens is 1. The number of hydrogen-bond acceptors (Lipinski definition) is 4. The van der Waals surface area contributed by atoms with Crippen LogP contribution in [0.15, 0.2) is 12.2 Å². The second-order valence-corrected chi connectivity index (χ2v) is 11.2. The molecule has 0 radical (unpaired) electrons. The Balaban J connectivity index is 5.01. The fourth-order valence-electron chi connectivity index (χ4n) is 5.50. The highest BCUT2D eigenvalue weighted by molar-refractivity contribution is 5.70. The van der Waals surface area contributed by atoms with Gasteiger partial charge in [-0.05, 0) is 51.9 Å². The van der Waals surface area contributed by atoms with Crippen LogP contribution >= 0.6 is 0 Å². The minimum atomic E-state index is -1.14. The fourth-order valence-corrected chi connectivity index (χ4v) is 5.50. The highest BCUT2D eigenvalue weighted by atomic mass is 16.4. The average Bonchev–Trinajstić information content (AvgIpc) is 2.88. The zero-order chi connectivity index (χ0) is 28.8. The second-order valence-electron chi connectivity index (χ2n) is 11.2. The summed E-state index contributed by atoms with van der Waals surface area (Å²) in [6.45, 7) is 8.84. The number of rotatable bonds is 26. The van der Waals surface area contributed by atoms with Crippen LogP contribution in [0.5, 0.6) is 0 Å². The van der Waals surface area contributed by atoms with E-state index in [2.05, 4.69) is 19.1 Å². The Morgan fingerprint density at radius 1 is 0.658 bits per heavy atom. The maximum atomic E-state index is 11.9. The van der Waals surface area contributed by atoms with Gasteiger partial charge < -0.3 is 24.6 Å². The van der Waals surface area contributed by atoms with Gasteiger partial charge in [0.2, 0.25) is 0 Å². The van der Waals surface area contributed by atoms with Crippen LogP contribution < -0.4 is 5.11 Å². The molecule has 0 aromatic heterocycles. The Hall–Kier alpha value is -1.89. The number of hydrogen-bond donors (Lipinski definition) is 2. The summed E-state index contributed by atoms with van der Waals surface area (Å²) in [5, 5.41) is 31.4. The van der Waals surface area contributed by atoms with Crippen molar-refractivity contribution < 1.29 is 34.2 Å². The predicted molar refractivity (Wildman–Crippen MR) is 152 cm³/mol. The van der Waals surface area contributed by atoms with Crippen LogP contribution in [-0.4, -0.2) is 58.8 Å². The van der Waals surface area contributed by atoms with Crippen LogP contribution in [0.3, 0.4) is 0 Å². The molecule has 38 heavy (non-hydrogen) atoms. The molecule has 2 N–H and O–H groups in total. The summed E-state index contributed by atoms with van der Waals surface area (Å²) in [7, 11) is 0. The number of nitrogens with zero attached hydrogens (tertiary/aromatic N) is 1. The minimum absolute atomic E-state index is 0.218. The molecule has 0 bridgehead atoms. The molecular formula is C31H57NO6. The summed E-state index contributed by atoms with van der Waals surface area (Å²) in [6.07, 6.45) is 19.8. The molecule has 0 heterocycles. The van der Waals surface area contributed by atoms with E-state index in [1.807, 2.05) is 13.8 Å². The monoisotopic (exact) mass is 539 g/mol. The molecule has 0 aliphatic rings. The minimum Gasteiger partial charge on any atom is -0.550 e. The van der Waals surface area contributed by atoms with E-state index in [4.69, 9.17) is 0 Å². The topological polar surface area (TPSA) is 115 Å². The van der Waals surface area contributed by atoms with Crippen molar-refractivity contribution in [3.05, 3.63) is 12.2 Å². The summed E-state index contributed by atoms with van der Waals surface area (Å²) in [5.74, 6) is -4.95. The molecular weight excluding hydrogens is 482 g/mol. The first-order valence-corrected chi connectivity index (χ1v) is 15.3. The van der Waals surface area contributed by atoms with Gasteiger partial charge >= 0.3 is 11.9 Å². The van der Waals surface area contributed by atoms with Crippen LogP contribution in [-0.2, 0) is 14.4 Å². The summed E-state index contributed by atoms with van der Waals surface area (Å²) in [6, 6.07) is 0. The highest BCUT2D eigenvalue weighted by Crippen LogP contribution is 2.25. The lowest BCUT2D eigenvalue weighted by Gasteiger charge is -2.44. The van der Waals surface area contributed by atoms with E-state index in [0.29, 0.717) is 25.8 Å². The maximum absolute atomic E-state index is 11.9. The van der Waals surface area contributed by atoms with Gasteiger partial charge in [-0.2, -0.15) is 0 Å². The summed E-state index contributed by atoms with van der Waals surface area (Å²) in [5.41, 5.74) is 0. The number of carbonyl (C=O) groups excluding carboxylic acids is 1. The third-order valence-corrected chi connectivity index (χ3v) is 8.07. The molecule has 222 valence electrons. The average molecular weight is 540 g/mol. The number of carboxylic acids is 3. The molecule has 0 aromatic rings. The predicted octanol–water partition coefficient (Wildman–Crippen LogP) is 6.06. The van der Waals surface area contributed by atoms with E-state index >= 15 is 0 Å². The van der Waals surface area contributed by atoms with E-state index in [0.717, 1.165) is 25.7 Å². The lowest BCUT2D eigenvalue weighted by molar-refractivity contribution is -0.935. The Labute approximate surface area is 232 Å². The van der Waals surface area contributed by atoms with Gasteiger partial charge in [-0.1, -0.05) is 84.3 Å². The Morgan fingerprint density at radius 2 is 1.03 bits per heavy atom. The van der Waals surface area contributed by atoms with Crippen LogP contribution in [0.4, 0.5) is 0 Å². The van der Waals surface area contributed by atoms with Crippen LogP contribution in [0.2, 0.25) is 0 Å². The molecule has 0 amide bonds. The van der Waals surface area contributed by atoms with Crippen LogP contribution in [0.25, 0.3) is 0 Å². The molecule has 0 saturated heterocycles. The van der Waals surface area contributed by atoms with Crippen molar-refractivity contribution in [2.75, 3.05) is 26.2 Å². The molecule has 0 saturated carbocycles. The Morgan fingerprint density at radius 3 is 1.37 bits per heavy atom. The molecule has 3 unspecified atom stereocenters. The van der Waals surface area contributed by atoms with E-state index < -0.39 is 35.7 Å². The van der Waals surface area contributed by atoms with E-state index in [1.54, 1.807) is 6.92 Å². The fraction of sp³-hybridized carbons (Fsp3) is 0.839. The van der Waals surface area contributed by atoms with Gasteiger partial charge in [0.15, 0.2) is 0 Å². The Kier molecular flexibility index (Phi) is 20.9. The van der Waals surface area contributed by atoms with Crippen LogP contribution in [0, 0.1) is 17.8 Å². The first kappa shape index (κ1) is 36.1. The SMILES string of the molecule is C/C=C/CCCCCCCCCCCCC[N+](CC(CC)C(=O)[O-])(CC(CC)C(=O)O)CC(CC)C(=O)O. The van der Waals surface area contributed by atoms with Gasteiger partial charge in [0, 0.05) is 5.92 Å². The van der Waals surface area contributed by atoms with Gasteiger partial charge in [-0.15, -0.1) is 0 Å². The smallest absolute Gasteiger partial charge is 0.312 e. The number of carboxylic acid groups (broad SMARTS) is 3. The number of aliphatic carboxylic acids is 3. The van der Waals surface area contributed by atoms with Gasteiger partial charge in [-0.3, -0.25) is 9.59 Å². The van der Waals surface area contributed by atoms with Crippen molar-refractivity contribution >= 4 is 17.9 Å². The molecule has 7 nitrogen and oxygen atoms in total. The van der Waals surface area contributed by atoms with E-state index in [1.165, 1.54) is 51.4 Å². The highest BCUT2D eigenvalue weighted by Gasteiger charge is 2.39. The van der Waals surface area contributed by atoms with Crippen molar-refractivity contribution in [3.63, 3.8) is 0 Å². The van der Waals surface area contributed by atoms with Crippen molar-refractivity contribution in [2.45, 2.75) is 124 Å². The molecule has 0 rings (SSSR count). The molecule has 0 spiro atoms. The van der Waals surface area contributed by atoms with Gasteiger partial charge in [-0.25, -0.2) is 0 Å². The number of allylic oxidation sites excluding steroid dienone is 2. The molecule has 0 fully saturated rings. The molecule has 0 aromatic carbocycles. The second kappa shape index (κ2) is 22.0. The number of unbranched alkanes of at least 4 members (excludes halogenated alkanes) is 11. The first-order chi connectivity index (χ1) is 18.2. The quantitative estimate of drug-likeness (QED) is 0.0784. The Bertz CT molecular complexity index is 617. The molecule has 0 aliphatic carbocycles. The van der Waals surface area contributed by atoms with Gasteiger partial charge in [0.25, 0.3) is 0 Å². The zero-order valence-corrected chi connectivity index (χ0v) is 24.8. The van der Waals surface area contributed by atoms with E-state index in [-0.39, 0.29) is 24.1 Å². The molecule has 7 heteroatoms. The van der Waals surface area contributed by atoms with Gasteiger partial charge in [0.1, 0.15) is 11.8 Å². The van der Waals surface area contributed by atoms with Crippen LogP contribution in [0.1, 0.15) is 124 Å². The standard InChI is InChI=1S/C31H57NO6/c1-5-9-10-11-12-13-14-15-16-17-18-19-20-21-22-32(23-26(6-2)29(33)34,24-27(7-3)30(35)36)25-28(8-4)31(37)38/h5,9,26-28H,6-8,10-25H2,1-4H3,(H2-,33,34,35,36,37,38)/b9-5+. The normalized spacial score (nSPS) is 15.7. The van der Waals surface area contributed by atoms with Crippen molar-refractivity contribution in [2.24, 2.45) is 17.8 Å². The summed E-state index contributed by atoms with van der Waals surface area (Å²) in [4.78, 5) is 35.7. The summed E-state index contributed by atoms with van der Waals surface area (Å²) >= 11 is 0. The molecule has 3 atom stereocenters. The van der Waals surface area contributed by atoms with Crippen molar-refractivity contribution in [1.82, 2.24) is 0 Å². The molecule has 0 aliphatic heterocycles. The number of carbonyl (C=O) groups is 3. The van der Waals surface area contributed by atoms with Gasteiger partial charge in [0.05, 0.1) is 32.1 Å². The largest absolute Gasteiger partial charge is 0.550 e.